The largest absolute Gasteiger partial charge is 0.312 e. The van der Waals surface area contributed by atoms with Gasteiger partial charge in [0, 0.05) is 18.3 Å². The lowest BCUT2D eigenvalue weighted by atomic mass is 9.99. The van der Waals surface area contributed by atoms with Gasteiger partial charge >= 0.3 is 0 Å². The second-order valence-corrected chi connectivity index (χ2v) is 5.38. The summed E-state index contributed by atoms with van der Waals surface area (Å²) in [5.74, 6) is 0. The second-order valence-electron chi connectivity index (χ2n) is 5.38. The zero-order chi connectivity index (χ0) is 14.1. The van der Waals surface area contributed by atoms with Gasteiger partial charge in [-0.25, -0.2) is 4.68 Å². The van der Waals surface area contributed by atoms with Gasteiger partial charge < -0.3 is 5.32 Å². The fourth-order valence-corrected chi connectivity index (χ4v) is 2.96. The molecule has 1 aliphatic heterocycles. The predicted octanol–water partition coefficient (Wildman–Crippen LogP) is 3.19. The van der Waals surface area contributed by atoms with Crippen LogP contribution in [0.3, 0.4) is 0 Å². The minimum atomic E-state index is 0.954. The van der Waals surface area contributed by atoms with E-state index >= 15 is 0 Å². The van der Waals surface area contributed by atoms with Gasteiger partial charge in [-0.05, 0) is 35.7 Å². The zero-order valence-electron chi connectivity index (χ0n) is 11.8. The van der Waals surface area contributed by atoms with E-state index in [1.165, 1.54) is 22.4 Å². The predicted molar refractivity (Wildman–Crippen MR) is 84.4 cm³/mol. The van der Waals surface area contributed by atoms with Gasteiger partial charge in [0.25, 0.3) is 0 Å². The Hall–Kier alpha value is -2.39. The number of hydrogen-bond donors (Lipinski definition) is 1. The summed E-state index contributed by atoms with van der Waals surface area (Å²) in [5, 5.41) is 7.99. The van der Waals surface area contributed by atoms with E-state index in [0.29, 0.717) is 0 Å². The Morgan fingerprint density at radius 2 is 1.86 bits per heavy atom. The van der Waals surface area contributed by atoms with Crippen molar-refractivity contribution < 1.29 is 0 Å². The maximum Gasteiger partial charge on any atom is 0.0681 e. The van der Waals surface area contributed by atoms with Crippen molar-refractivity contribution in [1.29, 1.82) is 0 Å². The minimum absolute atomic E-state index is 0.954. The van der Waals surface area contributed by atoms with Crippen LogP contribution in [-0.4, -0.2) is 16.3 Å². The molecule has 104 valence electrons. The number of nitrogens with one attached hydrogen (secondary N) is 1. The molecule has 0 aliphatic carbocycles. The van der Waals surface area contributed by atoms with Crippen molar-refractivity contribution in [2.45, 2.75) is 13.0 Å². The number of aromatic nitrogens is 2. The topological polar surface area (TPSA) is 29.9 Å². The fourth-order valence-electron chi connectivity index (χ4n) is 2.96. The summed E-state index contributed by atoms with van der Waals surface area (Å²) in [6.45, 7) is 1.99. The van der Waals surface area contributed by atoms with E-state index < -0.39 is 0 Å². The monoisotopic (exact) mass is 275 g/mol. The minimum Gasteiger partial charge on any atom is -0.312 e. The van der Waals surface area contributed by atoms with Crippen LogP contribution in [0.25, 0.3) is 16.8 Å². The van der Waals surface area contributed by atoms with Crippen molar-refractivity contribution in [2.24, 2.45) is 0 Å². The van der Waals surface area contributed by atoms with Gasteiger partial charge in [-0.15, -0.1) is 0 Å². The third kappa shape index (κ3) is 2.26. The Bertz CT molecular complexity index is 759. The first-order valence-corrected chi connectivity index (χ1v) is 7.34. The van der Waals surface area contributed by atoms with E-state index in [1.54, 1.807) is 0 Å². The van der Waals surface area contributed by atoms with Gasteiger partial charge in [0.05, 0.1) is 11.9 Å². The molecule has 0 atom stereocenters. The Morgan fingerprint density at radius 3 is 2.76 bits per heavy atom. The second kappa shape index (κ2) is 5.19. The molecule has 21 heavy (non-hydrogen) atoms. The molecule has 0 amide bonds. The fraction of sp³-hybridized carbons (Fsp3) is 0.167. The molecule has 0 saturated carbocycles. The normalized spacial score (nSPS) is 13.9. The molecule has 0 unspecified atom stereocenters. The summed E-state index contributed by atoms with van der Waals surface area (Å²) in [4.78, 5) is 0. The summed E-state index contributed by atoms with van der Waals surface area (Å²) in [6, 6.07) is 16.9. The van der Waals surface area contributed by atoms with Crippen molar-refractivity contribution in [3.05, 3.63) is 72.1 Å². The summed E-state index contributed by atoms with van der Waals surface area (Å²) in [6.07, 6.45) is 5.12. The molecule has 0 radical (unpaired) electrons. The number of benzene rings is 2. The lowest BCUT2D eigenvalue weighted by molar-refractivity contribution is 0.638. The molecule has 0 saturated heterocycles. The van der Waals surface area contributed by atoms with Crippen LogP contribution >= 0.6 is 0 Å². The number of fused-ring (bicyclic) bond motifs is 1. The molecule has 0 fully saturated rings. The summed E-state index contributed by atoms with van der Waals surface area (Å²) < 4.78 is 2.01. The molecule has 4 rings (SSSR count). The maximum absolute atomic E-state index is 4.57. The standard InChI is InChI=1S/C18H17N3/c1-2-5-14(6-3-1)16-12-20-21(13-16)18-8-4-7-15-11-19-10-9-17(15)18/h1-8,12-13,19H,9-11H2. The molecule has 1 aliphatic rings. The van der Waals surface area contributed by atoms with Crippen molar-refractivity contribution in [3.8, 4) is 16.8 Å². The van der Waals surface area contributed by atoms with Gasteiger partial charge in [-0.2, -0.15) is 5.10 Å². The van der Waals surface area contributed by atoms with Crippen LogP contribution in [0.5, 0.6) is 0 Å². The van der Waals surface area contributed by atoms with E-state index in [0.717, 1.165) is 25.1 Å². The number of hydrogen-bond acceptors (Lipinski definition) is 2. The third-order valence-corrected chi connectivity index (χ3v) is 4.05. The van der Waals surface area contributed by atoms with E-state index in [2.05, 4.69) is 59.1 Å². The lowest BCUT2D eigenvalue weighted by Crippen LogP contribution is -2.24. The maximum atomic E-state index is 4.57. The third-order valence-electron chi connectivity index (χ3n) is 4.05. The first-order chi connectivity index (χ1) is 10.4. The molecule has 2 aromatic carbocycles. The van der Waals surface area contributed by atoms with Gasteiger partial charge in [0.1, 0.15) is 0 Å². The van der Waals surface area contributed by atoms with Crippen LogP contribution in [-0.2, 0) is 13.0 Å². The Balaban J connectivity index is 1.77. The summed E-state index contributed by atoms with van der Waals surface area (Å²) >= 11 is 0. The van der Waals surface area contributed by atoms with Gasteiger partial charge in [-0.1, -0.05) is 42.5 Å². The van der Waals surface area contributed by atoms with Crippen LogP contribution in [0.15, 0.2) is 60.9 Å². The smallest absolute Gasteiger partial charge is 0.0681 e. The first kappa shape index (κ1) is 12.4. The molecule has 1 N–H and O–H groups in total. The molecule has 2 heterocycles. The van der Waals surface area contributed by atoms with E-state index in [-0.39, 0.29) is 0 Å². The van der Waals surface area contributed by atoms with Crippen LogP contribution < -0.4 is 5.32 Å². The highest BCUT2D eigenvalue weighted by Gasteiger charge is 2.14. The van der Waals surface area contributed by atoms with E-state index in [9.17, 15) is 0 Å². The molecule has 1 aromatic heterocycles. The molecular formula is C18H17N3. The average Bonchev–Trinajstić information content (AvgIpc) is 3.05. The van der Waals surface area contributed by atoms with E-state index in [4.69, 9.17) is 0 Å². The Labute approximate surface area is 124 Å². The van der Waals surface area contributed by atoms with Crippen LogP contribution in [0.4, 0.5) is 0 Å². The molecule has 3 heteroatoms. The van der Waals surface area contributed by atoms with Crippen LogP contribution in [0, 0.1) is 0 Å². The molecule has 3 nitrogen and oxygen atoms in total. The molecule has 3 aromatic rings. The number of nitrogens with zero attached hydrogens (tertiary/aromatic N) is 2. The first-order valence-electron chi connectivity index (χ1n) is 7.34. The zero-order valence-corrected chi connectivity index (χ0v) is 11.8. The quantitative estimate of drug-likeness (QED) is 0.778. The molecule has 0 bridgehead atoms. The number of rotatable bonds is 2. The Kier molecular flexibility index (Phi) is 3.05. The van der Waals surface area contributed by atoms with E-state index in [1.807, 2.05) is 16.9 Å². The van der Waals surface area contributed by atoms with Crippen molar-refractivity contribution in [2.75, 3.05) is 6.54 Å². The highest BCUT2D eigenvalue weighted by Crippen LogP contribution is 2.24. The van der Waals surface area contributed by atoms with Crippen molar-refractivity contribution in [1.82, 2.24) is 15.1 Å². The highest BCUT2D eigenvalue weighted by molar-refractivity contribution is 5.62. The van der Waals surface area contributed by atoms with Crippen LogP contribution in [0.2, 0.25) is 0 Å². The van der Waals surface area contributed by atoms with Gasteiger partial charge in [-0.3, -0.25) is 0 Å². The van der Waals surface area contributed by atoms with Crippen LogP contribution in [0.1, 0.15) is 11.1 Å². The van der Waals surface area contributed by atoms with Crippen molar-refractivity contribution >= 4 is 0 Å². The van der Waals surface area contributed by atoms with Gasteiger partial charge in [0.2, 0.25) is 0 Å². The van der Waals surface area contributed by atoms with Gasteiger partial charge in [0.15, 0.2) is 0 Å². The Morgan fingerprint density at radius 1 is 0.952 bits per heavy atom. The lowest BCUT2D eigenvalue weighted by Gasteiger charge is -2.20. The average molecular weight is 275 g/mol. The molecule has 0 spiro atoms. The SMILES string of the molecule is c1ccc(-c2cnn(-c3cccc4c3CCNC4)c2)cc1. The molecular weight excluding hydrogens is 258 g/mol. The summed E-state index contributed by atoms with van der Waals surface area (Å²) in [5.41, 5.74) is 6.36. The highest BCUT2D eigenvalue weighted by atomic mass is 15.3. The van der Waals surface area contributed by atoms with Crippen molar-refractivity contribution in [3.63, 3.8) is 0 Å². The summed E-state index contributed by atoms with van der Waals surface area (Å²) in [7, 11) is 0.